The van der Waals surface area contributed by atoms with Gasteiger partial charge in [0.25, 0.3) is 0 Å². The van der Waals surface area contributed by atoms with E-state index in [1.54, 1.807) is 0 Å². The summed E-state index contributed by atoms with van der Waals surface area (Å²) < 4.78 is 0. The first kappa shape index (κ1) is 8.06. The third-order valence-electron chi connectivity index (χ3n) is 3.00. The summed E-state index contributed by atoms with van der Waals surface area (Å²) in [7, 11) is 0. The van der Waals surface area contributed by atoms with Gasteiger partial charge in [0.05, 0.1) is 0 Å². The molecule has 0 saturated heterocycles. The maximum atomic E-state index is 5.61. The molecule has 0 aromatic rings. The van der Waals surface area contributed by atoms with E-state index in [0.29, 0.717) is 0 Å². The van der Waals surface area contributed by atoms with E-state index in [2.05, 4.69) is 13.8 Å². The summed E-state index contributed by atoms with van der Waals surface area (Å²) in [5, 5.41) is 0. The maximum absolute atomic E-state index is 5.61. The van der Waals surface area contributed by atoms with Crippen LogP contribution in [0.25, 0.3) is 0 Å². The highest BCUT2D eigenvalue weighted by molar-refractivity contribution is 4.80. The Morgan fingerprint density at radius 2 is 2.10 bits per heavy atom. The maximum Gasteiger partial charge on any atom is -0.00487 e. The first-order valence-corrected chi connectivity index (χ1v) is 4.48. The molecule has 10 heavy (non-hydrogen) atoms. The first-order valence-electron chi connectivity index (χ1n) is 4.48. The van der Waals surface area contributed by atoms with Crippen LogP contribution in [0.2, 0.25) is 0 Å². The van der Waals surface area contributed by atoms with Gasteiger partial charge in [0, 0.05) is 0 Å². The van der Waals surface area contributed by atoms with Gasteiger partial charge in [-0.25, -0.2) is 0 Å². The van der Waals surface area contributed by atoms with Crippen LogP contribution in [0, 0.1) is 17.8 Å². The lowest BCUT2D eigenvalue weighted by Gasteiger charge is -2.10. The van der Waals surface area contributed by atoms with Crippen molar-refractivity contribution in [3.8, 4) is 0 Å². The molecular formula is C9H19N. The standard InChI is InChI=1S/C9H19N/c1-3-9-5-8(6-10)4-7(9)2/h7-9H,3-6,10H2,1-2H3/t7-,8+,9+/m0/s1. The van der Waals surface area contributed by atoms with Crippen molar-refractivity contribution < 1.29 is 0 Å². The van der Waals surface area contributed by atoms with E-state index in [0.717, 1.165) is 24.3 Å². The molecule has 1 aliphatic carbocycles. The molecule has 0 aromatic carbocycles. The molecule has 0 aromatic heterocycles. The fourth-order valence-corrected chi connectivity index (χ4v) is 2.24. The average molecular weight is 141 g/mol. The van der Waals surface area contributed by atoms with Crippen molar-refractivity contribution >= 4 is 0 Å². The summed E-state index contributed by atoms with van der Waals surface area (Å²) in [5.74, 6) is 2.73. The number of rotatable bonds is 2. The van der Waals surface area contributed by atoms with Crippen molar-refractivity contribution in [3.63, 3.8) is 0 Å². The van der Waals surface area contributed by atoms with Crippen molar-refractivity contribution in [2.45, 2.75) is 33.1 Å². The van der Waals surface area contributed by atoms with Crippen LogP contribution in [0.15, 0.2) is 0 Å². The molecule has 0 bridgehead atoms. The van der Waals surface area contributed by atoms with E-state index < -0.39 is 0 Å². The SMILES string of the molecule is CC[C@@H]1C[C@H](CN)C[C@@H]1C. The number of hydrogen-bond acceptors (Lipinski definition) is 1. The number of hydrogen-bond donors (Lipinski definition) is 1. The zero-order valence-electron chi connectivity index (χ0n) is 7.14. The summed E-state index contributed by atoms with van der Waals surface area (Å²) in [6.07, 6.45) is 4.10. The fraction of sp³-hybridized carbons (Fsp3) is 1.00. The van der Waals surface area contributed by atoms with Gasteiger partial charge in [-0.1, -0.05) is 20.3 Å². The third-order valence-corrected chi connectivity index (χ3v) is 3.00. The zero-order chi connectivity index (χ0) is 7.56. The van der Waals surface area contributed by atoms with Gasteiger partial charge in [-0.3, -0.25) is 0 Å². The number of nitrogens with two attached hydrogens (primary N) is 1. The largest absolute Gasteiger partial charge is 0.330 e. The molecule has 1 saturated carbocycles. The van der Waals surface area contributed by atoms with E-state index in [-0.39, 0.29) is 0 Å². The van der Waals surface area contributed by atoms with Crippen LogP contribution in [-0.4, -0.2) is 6.54 Å². The van der Waals surface area contributed by atoms with Crippen molar-refractivity contribution in [1.29, 1.82) is 0 Å². The lowest BCUT2D eigenvalue weighted by molar-refractivity contribution is 0.406. The minimum absolute atomic E-state index is 0.833. The summed E-state index contributed by atoms with van der Waals surface area (Å²) in [4.78, 5) is 0. The molecule has 1 aliphatic rings. The molecule has 60 valence electrons. The minimum Gasteiger partial charge on any atom is -0.330 e. The van der Waals surface area contributed by atoms with Crippen LogP contribution < -0.4 is 5.73 Å². The topological polar surface area (TPSA) is 26.0 Å². The molecule has 1 nitrogen and oxygen atoms in total. The van der Waals surface area contributed by atoms with Gasteiger partial charge >= 0.3 is 0 Å². The summed E-state index contributed by atoms with van der Waals surface area (Å²) >= 11 is 0. The Balaban J connectivity index is 2.36. The van der Waals surface area contributed by atoms with Gasteiger partial charge in [0.1, 0.15) is 0 Å². The molecule has 0 unspecified atom stereocenters. The Kier molecular flexibility index (Phi) is 2.72. The molecule has 0 heterocycles. The van der Waals surface area contributed by atoms with Gasteiger partial charge in [0.2, 0.25) is 0 Å². The minimum atomic E-state index is 0.833. The predicted octanol–water partition coefficient (Wildman–Crippen LogP) is 2.02. The molecule has 1 rings (SSSR count). The van der Waals surface area contributed by atoms with Crippen molar-refractivity contribution in [2.75, 3.05) is 6.54 Å². The van der Waals surface area contributed by atoms with Crippen molar-refractivity contribution in [3.05, 3.63) is 0 Å². The average Bonchev–Trinajstić information content (AvgIpc) is 2.30. The normalized spacial score (nSPS) is 40.5. The monoisotopic (exact) mass is 141 g/mol. The predicted molar refractivity (Wildman–Crippen MR) is 44.7 cm³/mol. The molecule has 0 amide bonds. The summed E-state index contributed by atoms with van der Waals surface area (Å²) in [5.41, 5.74) is 5.61. The van der Waals surface area contributed by atoms with Crippen molar-refractivity contribution in [1.82, 2.24) is 0 Å². The molecule has 3 atom stereocenters. The highest BCUT2D eigenvalue weighted by atomic mass is 14.6. The van der Waals surface area contributed by atoms with Crippen LogP contribution in [0.1, 0.15) is 33.1 Å². The van der Waals surface area contributed by atoms with Crippen molar-refractivity contribution in [2.24, 2.45) is 23.5 Å². The Hall–Kier alpha value is -0.0400. The zero-order valence-corrected chi connectivity index (χ0v) is 7.14. The van der Waals surface area contributed by atoms with Gasteiger partial charge in [0.15, 0.2) is 0 Å². The van der Waals surface area contributed by atoms with E-state index in [1.165, 1.54) is 19.3 Å². The van der Waals surface area contributed by atoms with Gasteiger partial charge in [-0.15, -0.1) is 0 Å². The fourth-order valence-electron chi connectivity index (χ4n) is 2.24. The third kappa shape index (κ3) is 1.51. The highest BCUT2D eigenvalue weighted by Crippen LogP contribution is 2.37. The molecule has 1 fully saturated rings. The molecule has 2 N–H and O–H groups in total. The Morgan fingerprint density at radius 3 is 2.40 bits per heavy atom. The Bertz CT molecular complexity index is 101. The van der Waals surface area contributed by atoms with Crippen LogP contribution in [0.3, 0.4) is 0 Å². The van der Waals surface area contributed by atoms with Crippen LogP contribution in [0.5, 0.6) is 0 Å². The molecule has 1 heteroatoms. The van der Waals surface area contributed by atoms with E-state index in [4.69, 9.17) is 5.73 Å². The van der Waals surface area contributed by atoms with Crippen LogP contribution >= 0.6 is 0 Å². The summed E-state index contributed by atoms with van der Waals surface area (Å²) in [6, 6.07) is 0. The Morgan fingerprint density at radius 1 is 1.40 bits per heavy atom. The lowest BCUT2D eigenvalue weighted by atomic mass is 9.96. The van der Waals surface area contributed by atoms with E-state index >= 15 is 0 Å². The van der Waals surface area contributed by atoms with Gasteiger partial charge < -0.3 is 5.73 Å². The smallest absolute Gasteiger partial charge is 0.00487 e. The molecule has 0 spiro atoms. The molecule has 0 aliphatic heterocycles. The second kappa shape index (κ2) is 3.38. The second-order valence-corrected chi connectivity index (χ2v) is 3.72. The quantitative estimate of drug-likeness (QED) is 0.625. The Labute approximate surface area is 64.0 Å². The van der Waals surface area contributed by atoms with Gasteiger partial charge in [-0.2, -0.15) is 0 Å². The second-order valence-electron chi connectivity index (χ2n) is 3.72. The van der Waals surface area contributed by atoms with E-state index in [1.807, 2.05) is 0 Å². The summed E-state index contributed by atoms with van der Waals surface area (Å²) in [6.45, 7) is 5.56. The highest BCUT2D eigenvalue weighted by Gasteiger charge is 2.28. The first-order chi connectivity index (χ1) is 4.77. The van der Waals surface area contributed by atoms with E-state index in [9.17, 15) is 0 Å². The molecular weight excluding hydrogens is 122 g/mol. The molecule has 0 radical (unpaired) electrons. The lowest BCUT2D eigenvalue weighted by Crippen LogP contribution is -2.10. The van der Waals surface area contributed by atoms with Crippen LogP contribution in [-0.2, 0) is 0 Å². The van der Waals surface area contributed by atoms with Crippen LogP contribution in [0.4, 0.5) is 0 Å². The van der Waals surface area contributed by atoms with Gasteiger partial charge in [-0.05, 0) is 37.1 Å².